The van der Waals surface area contributed by atoms with Gasteiger partial charge in [-0.3, -0.25) is 14.4 Å². The number of nitriles is 1. The maximum Gasteiger partial charge on any atom is 1.00 e. The molecule has 3 aromatic carbocycles. The summed E-state index contributed by atoms with van der Waals surface area (Å²) in [7, 11) is -4.80. The molecular formula is C35H35Cl2N8NaO7S. The Hall–Kier alpha value is -4.34. The normalized spacial score (nSPS) is 11.5. The summed E-state index contributed by atoms with van der Waals surface area (Å²) in [5.74, 6) is -2.05. The molecule has 0 saturated carbocycles. The molecule has 15 nitrogen and oxygen atoms in total. The number of anilines is 3. The molecule has 54 heavy (non-hydrogen) atoms. The molecule has 2 amide bonds. The third kappa shape index (κ3) is 10.9. The summed E-state index contributed by atoms with van der Waals surface area (Å²) in [6.45, 7) is 9.83. The molecule has 0 bridgehead atoms. The van der Waals surface area contributed by atoms with Crippen molar-refractivity contribution in [2.75, 3.05) is 28.6 Å². The zero-order chi connectivity index (χ0) is 39.2. The number of rotatable bonds is 13. The van der Waals surface area contributed by atoms with Gasteiger partial charge in [0, 0.05) is 48.8 Å². The van der Waals surface area contributed by atoms with Crippen LogP contribution in [0.15, 0.2) is 69.7 Å². The van der Waals surface area contributed by atoms with Crippen molar-refractivity contribution in [3.8, 4) is 11.8 Å². The van der Waals surface area contributed by atoms with E-state index in [0.29, 0.717) is 36.6 Å². The molecule has 0 spiro atoms. The van der Waals surface area contributed by atoms with Crippen molar-refractivity contribution in [2.45, 2.75) is 57.8 Å². The Balaban J connectivity index is 0.00000784. The first-order valence-electron chi connectivity index (χ1n) is 16.0. The fourth-order valence-electron chi connectivity index (χ4n) is 5.21. The maximum atomic E-state index is 13.0. The zero-order valence-corrected chi connectivity index (χ0v) is 34.6. The second-order valence-electron chi connectivity index (χ2n) is 12.7. The van der Waals surface area contributed by atoms with Crippen LogP contribution in [-0.2, 0) is 25.1 Å². The Labute approximate surface area is 344 Å². The Morgan fingerprint density at radius 2 is 1.72 bits per heavy atom. The van der Waals surface area contributed by atoms with Gasteiger partial charge in [0.15, 0.2) is 5.82 Å². The first-order valence-corrected chi connectivity index (χ1v) is 18.2. The van der Waals surface area contributed by atoms with Crippen LogP contribution in [0.1, 0.15) is 69.1 Å². The minimum Gasteiger partial charge on any atom is -0.744 e. The van der Waals surface area contributed by atoms with Crippen LogP contribution in [0.3, 0.4) is 0 Å². The number of nitrogens with one attached hydrogen (secondary N) is 2. The molecule has 3 N–H and O–H groups in total. The molecule has 0 aliphatic carbocycles. The topological polar surface area (TPSA) is 222 Å². The van der Waals surface area contributed by atoms with Crippen LogP contribution in [-0.4, -0.2) is 58.7 Å². The molecule has 0 fully saturated rings. The molecule has 0 aliphatic rings. The average Bonchev–Trinajstić information content (AvgIpc) is 3.43. The average molecular weight is 806 g/mol. The molecule has 19 heteroatoms. The van der Waals surface area contributed by atoms with E-state index in [0.717, 1.165) is 12.1 Å². The molecule has 0 saturated heterocycles. The van der Waals surface area contributed by atoms with E-state index in [1.54, 1.807) is 18.2 Å². The number of hydrogen-bond acceptors (Lipinski definition) is 11. The van der Waals surface area contributed by atoms with Gasteiger partial charge in [0.2, 0.25) is 5.91 Å². The van der Waals surface area contributed by atoms with Crippen LogP contribution in [0.4, 0.5) is 28.6 Å². The SMILES string of the molecule is CCN(CCCC(=O)O)c1ccc(N=Nc2c(C#N)c(C(C)(C)C)nn2-c2c(Cl)cc(NC(=O)c3cccc(S(=O)(=O)[O-])c3)cc2Cl)c(NC(C)=O)c1.[Na+]. The fraction of sp³-hybridized carbons (Fsp3) is 0.286. The summed E-state index contributed by atoms with van der Waals surface area (Å²) in [5.41, 5.74) is 1.16. The van der Waals surface area contributed by atoms with Crippen LogP contribution in [0.5, 0.6) is 0 Å². The molecule has 0 atom stereocenters. The van der Waals surface area contributed by atoms with Crippen LogP contribution in [0.25, 0.3) is 5.69 Å². The van der Waals surface area contributed by atoms with E-state index in [2.05, 4.69) is 32.0 Å². The number of carbonyl (C=O) groups is 3. The predicted molar refractivity (Wildman–Crippen MR) is 199 cm³/mol. The Morgan fingerprint density at radius 3 is 2.28 bits per heavy atom. The summed E-state index contributed by atoms with van der Waals surface area (Å²) in [6, 6.07) is 14.6. The molecule has 4 rings (SSSR count). The number of amides is 2. The van der Waals surface area contributed by atoms with Crippen molar-refractivity contribution in [1.29, 1.82) is 5.26 Å². The first kappa shape index (κ1) is 44.1. The second kappa shape index (κ2) is 18.3. The minimum atomic E-state index is -4.80. The van der Waals surface area contributed by atoms with Crippen LogP contribution < -0.4 is 45.1 Å². The Morgan fingerprint density at radius 1 is 1.06 bits per heavy atom. The molecule has 0 aliphatic heterocycles. The number of halogens is 2. The van der Waals surface area contributed by atoms with Gasteiger partial charge in [-0.1, -0.05) is 50.0 Å². The molecule has 0 radical (unpaired) electrons. The largest absolute Gasteiger partial charge is 1.00 e. The van der Waals surface area contributed by atoms with Crippen molar-refractivity contribution in [3.63, 3.8) is 0 Å². The number of carboxylic acids is 1. The summed E-state index contributed by atoms with van der Waals surface area (Å²) >= 11 is 13.5. The van der Waals surface area contributed by atoms with Crippen molar-refractivity contribution >= 4 is 79.7 Å². The summed E-state index contributed by atoms with van der Waals surface area (Å²) in [5, 5.41) is 38.1. The van der Waals surface area contributed by atoms with Crippen molar-refractivity contribution in [3.05, 3.63) is 81.5 Å². The van der Waals surface area contributed by atoms with Gasteiger partial charge in [-0.15, -0.1) is 10.2 Å². The summed E-state index contributed by atoms with van der Waals surface area (Å²) in [4.78, 5) is 37.6. The quantitative estimate of drug-likeness (QED) is 0.0970. The number of carbonyl (C=O) groups excluding carboxylic acids is 2. The standard InChI is InChI=1S/C35H36Cl2N8O7S.Na/c1-6-44(14-8-11-30(47)48)23-12-13-28(29(18-23)39-20(2)46)41-42-33-25(19-38)32(35(3,4)5)43-45(33)31-26(36)16-22(17-27(31)37)40-34(49)21-9-7-10-24(15-21)53(50,51)52;/h7,9-10,12-13,15-18H,6,8,11,14H2,1-5H3,(H,39,46)(H,40,49)(H,47,48)(H,50,51,52);/q;+1/p-1. The zero-order valence-electron chi connectivity index (χ0n) is 30.3. The number of aromatic nitrogens is 2. The summed E-state index contributed by atoms with van der Waals surface area (Å²) in [6.07, 6.45) is 0.420. The van der Waals surface area contributed by atoms with E-state index in [9.17, 15) is 32.6 Å². The molecule has 278 valence electrons. The number of aliphatic carboxylic acids is 1. The molecule has 1 heterocycles. The summed E-state index contributed by atoms with van der Waals surface area (Å²) < 4.78 is 35.6. The van der Waals surface area contributed by atoms with E-state index in [4.69, 9.17) is 28.3 Å². The monoisotopic (exact) mass is 804 g/mol. The van der Waals surface area contributed by atoms with Gasteiger partial charge < -0.3 is 25.2 Å². The van der Waals surface area contributed by atoms with Gasteiger partial charge in [-0.25, -0.2) is 13.1 Å². The maximum absolute atomic E-state index is 13.0. The molecule has 0 unspecified atom stereocenters. The van der Waals surface area contributed by atoms with E-state index in [-0.39, 0.29) is 85.9 Å². The van der Waals surface area contributed by atoms with Gasteiger partial charge in [-0.2, -0.15) is 10.4 Å². The van der Waals surface area contributed by atoms with E-state index in [1.807, 2.05) is 32.6 Å². The van der Waals surface area contributed by atoms with E-state index >= 15 is 0 Å². The van der Waals surface area contributed by atoms with Crippen LogP contribution >= 0.6 is 23.2 Å². The van der Waals surface area contributed by atoms with Crippen molar-refractivity contribution in [1.82, 2.24) is 9.78 Å². The molecular weight excluding hydrogens is 770 g/mol. The second-order valence-corrected chi connectivity index (χ2v) is 14.9. The minimum absolute atomic E-state index is 0. The fourth-order valence-corrected chi connectivity index (χ4v) is 6.38. The number of benzene rings is 3. The first-order chi connectivity index (χ1) is 24.8. The van der Waals surface area contributed by atoms with Gasteiger partial charge in [0.25, 0.3) is 5.91 Å². The van der Waals surface area contributed by atoms with Gasteiger partial charge in [0.05, 0.1) is 26.3 Å². The Kier molecular flexibility index (Phi) is 15.0. The van der Waals surface area contributed by atoms with E-state index < -0.39 is 32.3 Å². The smallest absolute Gasteiger partial charge is 0.744 e. The van der Waals surface area contributed by atoms with Crippen LogP contribution in [0, 0.1) is 11.3 Å². The van der Waals surface area contributed by atoms with Gasteiger partial charge >= 0.3 is 35.5 Å². The van der Waals surface area contributed by atoms with Gasteiger partial charge in [0.1, 0.15) is 33.1 Å². The Bertz CT molecular complexity index is 2240. The predicted octanol–water partition coefficient (Wildman–Crippen LogP) is 4.57. The number of nitrogens with zero attached hydrogens (tertiary/aromatic N) is 6. The molecule has 4 aromatic rings. The number of azo groups is 1. The third-order valence-corrected chi connectivity index (χ3v) is 9.07. The third-order valence-electron chi connectivity index (χ3n) is 7.66. The number of hydrogen-bond donors (Lipinski definition) is 3. The van der Waals surface area contributed by atoms with Crippen molar-refractivity contribution in [2.24, 2.45) is 10.2 Å². The van der Waals surface area contributed by atoms with Crippen molar-refractivity contribution < 1.29 is 62.0 Å². The molecule has 1 aromatic heterocycles. The van der Waals surface area contributed by atoms with Gasteiger partial charge in [-0.05, 0) is 61.9 Å². The number of carboxylic acid groups (broad SMARTS) is 1. The van der Waals surface area contributed by atoms with Crippen LogP contribution in [0.2, 0.25) is 10.0 Å². The van der Waals surface area contributed by atoms with E-state index in [1.165, 1.54) is 35.9 Å².